The van der Waals surface area contributed by atoms with Crippen molar-refractivity contribution >= 4 is 11.9 Å². The van der Waals surface area contributed by atoms with Crippen LogP contribution in [0.15, 0.2) is 29.9 Å². The number of carbonyl (C=O) groups is 1. The van der Waals surface area contributed by atoms with E-state index in [-0.39, 0.29) is 11.7 Å². The summed E-state index contributed by atoms with van der Waals surface area (Å²) in [6.45, 7) is 16.9. The van der Waals surface area contributed by atoms with Crippen molar-refractivity contribution in [1.82, 2.24) is 0 Å². The van der Waals surface area contributed by atoms with Crippen LogP contribution in [0.4, 0.5) is 0 Å². The zero-order chi connectivity index (χ0) is 20.8. The summed E-state index contributed by atoms with van der Waals surface area (Å²) in [5.41, 5.74) is 9.10. The van der Waals surface area contributed by atoms with Crippen LogP contribution < -0.4 is 0 Å². The van der Waals surface area contributed by atoms with Gasteiger partial charge in [-0.3, -0.25) is 4.79 Å². The summed E-state index contributed by atoms with van der Waals surface area (Å²) < 4.78 is 0. The monoisotopic (exact) mass is 378 g/mol. The molecule has 1 aromatic carbocycles. The Morgan fingerprint density at radius 3 is 2.25 bits per heavy atom. The van der Waals surface area contributed by atoms with E-state index in [4.69, 9.17) is 0 Å². The summed E-state index contributed by atoms with van der Waals surface area (Å²) >= 11 is 0. The third kappa shape index (κ3) is 2.93. The van der Waals surface area contributed by atoms with E-state index in [1.165, 1.54) is 27.8 Å². The third-order valence-electron chi connectivity index (χ3n) is 7.79. The van der Waals surface area contributed by atoms with Crippen molar-refractivity contribution in [2.24, 2.45) is 11.3 Å². The highest BCUT2D eigenvalue weighted by atomic mass is 16.3. The minimum absolute atomic E-state index is 0.0333. The van der Waals surface area contributed by atoms with Gasteiger partial charge in [0, 0.05) is 11.0 Å². The topological polar surface area (TPSA) is 37.3 Å². The quantitative estimate of drug-likeness (QED) is 0.528. The Morgan fingerprint density at radius 1 is 1.11 bits per heavy atom. The van der Waals surface area contributed by atoms with Crippen molar-refractivity contribution < 1.29 is 9.90 Å². The molecule has 0 aromatic heterocycles. The summed E-state index contributed by atoms with van der Waals surface area (Å²) in [7, 11) is 0. The number of ketones is 1. The predicted octanol–water partition coefficient (Wildman–Crippen LogP) is 5.86. The van der Waals surface area contributed by atoms with Gasteiger partial charge in [0.05, 0.1) is 6.10 Å². The second-order valence-corrected chi connectivity index (χ2v) is 8.84. The molecule has 1 aromatic rings. The number of rotatable bonds is 3. The Balaban J connectivity index is 2.23. The summed E-state index contributed by atoms with van der Waals surface area (Å²) in [6, 6.07) is 0. The minimum atomic E-state index is -0.430. The summed E-state index contributed by atoms with van der Waals surface area (Å²) in [5, 5.41) is 11.0. The molecule has 0 saturated heterocycles. The van der Waals surface area contributed by atoms with E-state index in [0.717, 1.165) is 36.0 Å². The first-order chi connectivity index (χ1) is 13.2. The lowest BCUT2D eigenvalue weighted by Crippen LogP contribution is -2.48. The van der Waals surface area contributed by atoms with Crippen LogP contribution in [0.5, 0.6) is 0 Å². The van der Waals surface area contributed by atoms with Gasteiger partial charge < -0.3 is 5.11 Å². The van der Waals surface area contributed by atoms with E-state index in [1.807, 2.05) is 12.2 Å². The summed E-state index contributed by atoms with van der Waals surface area (Å²) in [6.07, 6.45) is 8.73. The first-order valence-corrected chi connectivity index (χ1v) is 10.5. The third-order valence-corrected chi connectivity index (χ3v) is 7.79. The van der Waals surface area contributed by atoms with Crippen LogP contribution in [0.2, 0.25) is 0 Å². The lowest BCUT2D eigenvalue weighted by Gasteiger charge is -2.50. The van der Waals surface area contributed by atoms with E-state index in [0.29, 0.717) is 6.42 Å². The number of carbonyl (C=O) groups excluding carboxylic acids is 1. The molecule has 0 spiro atoms. The molecule has 1 fully saturated rings. The van der Waals surface area contributed by atoms with Gasteiger partial charge in [-0.25, -0.2) is 0 Å². The van der Waals surface area contributed by atoms with E-state index < -0.39 is 11.5 Å². The fourth-order valence-electron chi connectivity index (χ4n) is 5.48. The van der Waals surface area contributed by atoms with E-state index in [1.54, 1.807) is 0 Å². The van der Waals surface area contributed by atoms with Gasteiger partial charge in [-0.2, -0.15) is 0 Å². The molecule has 2 nitrogen and oxygen atoms in total. The molecule has 0 radical (unpaired) electrons. The molecule has 150 valence electrons. The van der Waals surface area contributed by atoms with Crippen molar-refractivity contribution in [3.8, 4) is 0 Å². The fourth-order valence-corrected chi connectivity index (χ4v) is 5.48. The average Bonchev–Trinajstić information content (AvgIpc) is 2.66. The number of aliphatic hydroxyl groups is 1. The molecule has 0 bridgehead atoms. The lowest BCUT2D eigenvalue weighted by atomic mass is 9.55. The molecule has 28 heavy (non-hydrogen) atoms. The first-order valence-electron chi connectivity index (χ1n) is 10.5. The van der Waals surface area contributed by atoms with Crippen LogP contribution in [-0.4, -0.2) is 17.0 Å². The van der Waals surface area contributed by atoms with Crippen LogP contribution in [0.3, 0.4) is 0 Å². The van der Waals surface area contributed by atoms with Gasteiger partial charge in [-0.05, 0) is 112 Å². The molecule has 3 rings (SSSR count). The zero-order valence-corrected chi connectivity index (χ0v) is 18.3. The Labute approximate surface area is 170 Å². The van der Waals surface area contributed by atoms with Crippen molar-refractivity contribution in [3.05, 3.63) is 63.3 Å². The van der Waals surface area contributed by atoms with Crippen molar-refractivity contribution in [2.45, 2.75) is 73.3 Å². The predicted molar refractivity (Wildman–Crippen MR) is 117 cm³/mol. The van der Waals surface area contributed by atoms with Crippen molar-refractivity contribution in [1.29, 1.82) is 0 Å². The van der Waals surface area contributed by atoms with Crippen LogP contribution in [-0.2, 0) is 4.79 Å². The molecule has 2 aliphatic rings. The highest BCUT2D eigenvalue weighted by molar-refractivity contribution is 6.09. The highest BCUT2D eigenvalue weighted by Gasteiger charge is 2.51. The van der Waals surface area contributed by atoms with E-state index in [9.17, 15) is 9.90 Å². The Hall–Kier alpha value is -1.93. The summed E-state index contributed by atoms with van der Waals surface area (Å²) in [5.74, 6) is 0.0694. The zero-order valence-electron chi connectivity index (χ0n) is 18.3. The largest absolute Gasteiger partial charge is 0.392 e. The standard InChI is InChI=1S/C26H34O2/c1-8-12-26-20(7)23(24(27)13-21(26)10-9-11-25(26)28)14-22-18(5)16(3)15(2)17(4)19(22)6/h8,13-14,20,25,28H,1,9-12H2,2-7H3/t20-,25-,26-/m0/s1. The first kappa shape index (κ1) is 20.8. The normalized spacial score (nSPS) is 28.9. The number of aliphatic hydroxyl groups excluding tert-OH is 1. The molecule has 0 heterocycles. The van der Waals surface area contributed by atoms with Gasteiger partial charge in [0.1, 0.15) is 0 Å². The molecule has 0 unspecified atom stereocenters. The van der Waals surface area contributed by atoms with Gasteiger partial charge in [0.2, 0.25) is 0 Å². The van der Waals surface area contributed by atoms with Gasteiger partial charge in [0.15, 0.2) is 5.78 Å². The van der Waals surface area contributed by atoms with Gasteiger partial charge in [-0.1, -0.05) is 18.6 Å². The Bertz CT molecular complexity index is 870. The number of fused-ring (bicyclic) bond motifs is 1. The smallest absolute Gasteiger partial charge is 0.182 e. The second-order valence-electron chi connectivity index (χ2n) is 8.84. The molecular formula is C26H34O2. The molecule has 2 aliphatic carbocycles. The van der Waals surface area contributed by atoms with Crippen molar-refractivity contribution in [3.63, 3.8) is 0 Å². The fraction of sp³-hybridized carbons (Fsp3) is 0.500. The molecule has 0 aliphatic heterocycles. The Morgan fingerprint density at radius 2 is 1.68 bits per heavy atom. The van der Waals surface area contributed by atoms with Crippen LogP contribution in [0, 0.1) is 46.0 Å². The summed E-state index contributed by atoms with van der Waals surface area (Å²) in [4.78, 5) is 13.1. The molecule has 1 saturated carbocycles. The minimum Gasteiger partial charge on any atom is -0.392 e. The van der Waals surface area contributed by atoms with Crippen LogP contribution in [0.25, 0.3) is 6.08 Å². The lowest BCUT2D eigenvalue weighted by molar-refractivity contribution is -0.113. The molecule has 1 N–H and O–H groups in total. The van der Waals surface area contributed by atoms with Crippen LogP contribution in [0.1, 0.15) is 66.0 Å². The van der Waals surface area contributed by atoms with Crippen molar-refractivity contribution in [2.75, 3.05) is 0 Å². The molecule has 3 atom stereocenters. The van der Waals surface area contributed by atoms with Gasteiger partial charge >= 0.3 is 0 Å². The average molecular weight is 379 g/mol. The number of allylic oxidation sites excluding steroid dienone is 3. The molecule has 0 amide bonds. The van der Waals surface area contributed by atoms with E-state index >= 15 is 0 Å². The van der Waals surface area contributed by atoms with Gasteiger partial charge in [0.25, 0.3) is 0 Å². The van der Waals surface area contributed by atoms with E-state index in [2.05, 4.69) is 54.2 Å². The molecule has 2 heteroatoms. The maximum absolute atomic E-state index is 13.1. The molecular weight excluding hydrogens is 344 g/mol. The van der Waals surface area contributed by atoms with Crippen LogP contribution >= 0.6 is 0 Å². The number of benzene rings is 1. The SMILES string of the molecule is C=CC[C@@]12C(=CC(=O)C(=Cc3c(C)c(C)c(C)c(C)c3C)[C@@H]1C)CCC[C@@H]2O. The maximum Gasteiger partial charge on any atom is 0.182 e. The highest BCUT2D eigenvalue weighted by Crippen LogP contribution is 2.54. The second kappa shape index (κ2) is 7.48. The van der Waals surface area contributed by atoms with Gasteiger partial charge in [-0.15, -0.1) is 6.58 Å². The number of hydrogen-bond acceptors (Lipinski definition) is 2. The number of hydrogen-bond donors (Lipinski definition) is 1. The Kier molecular flexibility index (Phi) is 5.55. The maximum atomic E-state index is 13.1.